The summed E-state index contributed by atoms with van der Waals surface area (Å²) in [5.74, 6) is 0.422. The summed E-state index contributed by atoms with van der Waals surface area (Å²) < 4.78 is 17.4. The highest BCUT2D eigenvalue weighted by molar-refractivity contribution is 7.26. The number of rotatable bonds is 6. The third-order valence-corrected chi connectivity index (χ3v) is 9.53. The lowest BCUT2D eigenvalue weighted by molar-refractivity contribution is 0.357. The molecule has 0 aliphatic heterocycles. The molecule has 0 aliphatic carbocycles. The average molecular weight is 486 g/mol. The van der Waals surface area contributed by atoms with Crippen LogP contribution in [-0.2, 0) is 6.42 Å². The molecular weight excluding hydrogens is 453 g/mol. The first-order valence-corrected chi connectivity index (χ1v) is 16.7. The first-order chi connectivity index (χ1) is 16.2. The van der Waals surface area contributed by atoms with Crippen LogP contribution in [-0.4, -0.2) is 19.2 Å². The molecule has 0 aliphatic rings. The lowest BCUT2D eigenvalue weighted by Crippen LogP contribution is -2.25. The summed E-state index contributed by atoms with van der Waals surface area (Å²) in [5, 5.41) is 4.98. The van der Waals surface area contributed by atoms with Crippen LogP contribution in [0.4, 0.5) is 4.39 Å². The maximum Gasteiger partial charge on any atom is 0.102 e. The lowest BCUT2D eigenvalue weighted by atomic mass is 9.92. The van der Waals surface area contributed by atoms with Crippen LogP contribution >= 0.6 is 11.3 Å². The number of pyridine rings is 1. The number of aromatic nitrogens is 1. The van der Waals surface area contributed by atoms with Gasteiger partial charge in [-0.05, 0) is 52.1 Å². The van der Waals surface area contributed by atoms with E-state index in [1.807, 2.05) is 6.20 Å². The van der Waals surface area contributed by atoms with E-state index in [4.69, 9.17) is 4.98 Å². The quantitative estimate of drug-likeness (QED) is 0.218. The summed E-state index contributed by atoms with van der Waals surface area (Å²) in [6.45, 7) is 11.2. The molecule has 1 unspecified atom stereocenters. The molecule has 34 heavy (non-hydrogen) atoms. The van der Waals surface area contributed by atoms with Crippen LogP contribution in [0.1, 0.15) is 30.9 Å². The molecule has 1 nitrogen and oxygen atoms in total. The van der Waals surface area contributed by atoms with Crippen molar-refractivity contribution in [3.8, 4) is 11.3 Å². The van der Waals surface area contributed by atoms with Gasteiger partial charge in [0, 0.05) is 41.7 Å². The number of benzene rings is 3. The summed E-state index contributed by atoms with van der Waals surface area (Å²) in [6.07, 6.45) is 1.63. The molecule has 2 aromatic heterocycles. The number of fused-ring (bicyclic) bond motifs is 4. The smallest absolute Gasteiger partial charge is 0.102 e. The molecule has 0 bridgehead atoms. The standard InChI is InChI=1S/C30H32FNSSi/c1-19(2)27-17-22(15-20-9-6-7-11-24(20)27)28-30-26(13-14-32-28)25-12-8-10-21(29(25)33-30)16-23(31)18-34(3,4)5/h6-15,17,19,23H,16,18H2,1-5H3. The highest BCUT2D eigenvalue weighted by Crippen LogP contribution is 2.42. The predicted octanol–water partition coefficient (Wildman–Crippen LogP) is 9.61. The van der Waals surface area contributed by atoms with E-state index in [0.717, 1.165) is 16.8 Å². The van der Waals surface area contributed by atoms with Crippen LogP contribution in [0.2, 0.25) is 25.7 Å². The fourth-order valence-electron chi connectivity index (χ4n) is 5.08. The average Bonchev–Trinajstić information content (AvgIpc) is 3.17. The molecule has 5 aromatic rings. The number of thiophene rings is 1. The Bertz CT molecular complexity index is 1500. The van der Waals surface area contributed by atoms with Crippen molar-refractivity contribution in [1.82, 2.24) is 4.98 Å². The van der Waals surface area contributed by atoms with Crippen molar-refractivity contribution in [2.75, 3.05) is 0 Å². The highest BCUT2D eigenvalue weighted by atomic mass is 32.1. The van der Waals surface area contributed by atoms with Crippen LogP contribution in [0.5, 0.6) is 0 Å². The van der Waals surface area contributed by atoms with Gasteiger partial charge in [0.2, 0.25) is 0 Å². The maximum atomic E-state index is 15.0. The first kappa shape index (κ1) is 23.2. The van der Waals surface area contributed by atoms with E-state index in [1.54, 1.807) is 11.3 Å². The molecule has 0 amide bonds. The van der Waals surface area contributed by atoms with Gasteiger partial charge in [0.05, 0.1) is 10.4 Å². The zero-order valence-corrected chi connectivity index (χ0v) is 22.5. The van der Waals surface area contributed by atoms with E-state index >= 15 is 4.39 Å². The molecule has 0 radical (unpaired) electrons. The van der Waals surface area contributed by atoms with Gasteiger partial charge in [-0.15, -0.1) is 11.3 Å². The van der Waals surface area contributed by atoms with Crippen molar-refractivity contribution in [1.29, 1.82) is 0 Å². The Morgan fingerprint density at radius 3 is 2.38 bits per heavy atom. The van der Waals surface area contributed by atoms with Crippen molar-refractivity contribution >= 4 is 50.4 Å². The van der Waals surface area contributed by atoms with E-state index in [9.17, 15) is 0 Å². The maximum absolute atomic E-state index is 15.0. The number of nitrogens with zero attached hydrogens (tertiary/aromatic N) is 1. The van der Waals surface area contributed by atoms with Gasteiger partial charge >= 0.3 is 0 Å². The molecular formula is C30H32FNSSi. The highest BCUT2D eigenvalue weighted by Gasteiger charge is 2.22. The summed E-state index contributed by atoms with van der Waals surface area (Å²) in [6, 6.07) is 22.4. The summed E-state index contributed by atoms with van der Waals surface area (Å²) in [5.41, 5.74) is 4.65. The van der Waals surface area contributed by atoms with E-state index in [-0.39, 0.29) is 0 Å². The SMILES string of the molecule is CC(C)c1cc(-c2nccc3c2sc2c(CC(F)C[Si](C)(C)C)cccc23)cc2ccccc12. The monoisotopic (exact) mass is 485 g/mol. The molecule has 3 aromatic carbocycles. The molecule has 4 heteroatoms. The van der Waals surface area contributed by atoms with Gasteiger partial charge < -0.3 is 0 Å². The van der Waals surface area contributed by atoms with E-state index < -0.39 is 14.2 Å². The minimum Gasteiger partial charge on any atom is -0.255 e. The predicted molar refractivity (Wildman–Crippen MR) is 151 cm³/mol. The summed E-state index contributed by atoms with van der Waals surface area (Å²) in [7, 11) is -1.45. The molecule has 2 heterocycles. The second-order valence-electron chi connectivity index (χ2n) is 10.9. The number of hydrogen-bond acceptors (Lipinski definition) is 2. The van der Waals surface area contributed by atoms with Gasteiger partial charge in [-0.3, -0.25) is 4.98 Å². The lowest BCUT2D eigenvalue weighted by Gasteiger charge is -2.19. The van der Waals surface area contributed by atoms with Crippen LogP contribution in [0.3, 0.4) is 0 Å². The fraction of sp³-hybridized carbons (Fsp3) is 0.300. The largest absolute Gasteiger partial charge is 0.255 e. The molecule has 5 rings (SSSR count). The number of hydrogen-bond donors (Lipinski definition) is 0. The van der Waals surface area contributed by atoms with Gasteiger partial charge in [0.1, 0.15) is 6.17 Å². The van der Waals surface area contributed by atoms with Gasteiger partial charge in [0.15, 0.2) is 0 Å². The van der Waals surface area contributed by atoms with Gasteiger partial charge in [-0.2, -0.15) is 0 Å². The second-order valence-corrected chi connectivity index (χ2v) is 17.5. The zero-order valence-electron chi connectivity index (χ0n) is 20.7. The van der Waals surface area contributed by atoms with Gasteiger partial charge in [0.25, 0.3) is 0 Å². The topological polar surface area (TPSA) is 12.9 Å². The fourth-order valence-corrected chi connectivity index (χ4v) is 7.88. The van der Waals surface area contributed by atoms with Crippen LogP contribution in [0.15, 0.2) is 66.9 Å². The van der Waals surface area contributed by atoms with Gasteiger partial charge in [-0.25, -0.2) is 4.39 Å². The number of alkyl halides is 1. The zero-order chi connectivity index (χ0) is 24.0. The molecule has 0 fully saturated rings. The van der Waals surface area contributed by atoms with E-state index in [2.05, 4.69) is 94.2 Å². The van der Waals surface area contributed by atoms with Crippen molar-refractivity contribution in [3.63, 3.8) is 0 Å². The minimum atomic E-state index is -1.45. The minimum absolute atomic E-state index is 0.422. The van der Waals surface area contributed by atoms with Crippen LogP contribution < -0.4 is 0 Å². The number of halogens is 1. The van der Waals surface area contributed by atoms with Crippen molar-refractivity contribution in [2.45, 2.75) is 58.0 Å². The summed E-state index contributed by atoms with van der Waals surface area (Å²) >= 11 is 1.77. The first-order valence-electron chi connectivity index (χ1n) is 12.2. The van der Waals surface area contributed by atoms with Crippen molar-refractivity contribution in [3.05, 3.63) is 78.0 Å². The molecule has 0 spiro atoms. The van der Waals surface area contributed by atoms with Crippen LogP contribution in [0.25, 0.3) is 42.2 Å². The Morgan fingerprint density at radius 2 is 1.62 bits per heavy atom. The third kappa shape index (κ3) is 4.41. The third-order valence-electron chi connectivity index (χ3n) is 6.56. The van der Waals surface area contributed by atoms with E-state index in [0.29, 0.717) is 18.4 Å². The Labute approximate surface area is 206 Å². The Hall–Kier alpha value is -2.56. The molecule has 1 atom stereocenters. The molecule has 174 valence electrons. The summed E-state index contributed by atoms with van der Waals surface area (Å²) in [4.78, 5) is 4.86. The Morgan fingerprint density at radius 1 is 0.882 bits per heavy atom. The normalized spacial score (nSPS) is 13.4. The Balaban J connectivity index is 1.67. The second kappa shape index (κ2) is 8.90. The van der Waals surface area contributed by atoms with E-state index in [1.165, 1.54) is 36.5 Å². The molecule has 0 saturated carbocycles. The van der Waals surface area contributed by atoms with Crippen molar-refractivity contribution in [2.24, 2.45) is 0 Å². The molecule has 0 saturated heterocycles. The molecule has 0 N–H and O–H groups in total. The Kier molecular flexibility index (Phi) is 6.07. The van der Waals surface area contributed by atoms with Gasteiger partial charge in [-0.1, -0.05) is 76.0 Å². The van der Waals surface area contributed by atoms with Crippen LogP contribution in [0, 0.1) is 0 Å². The van der Waals surface area contributed by atoms with Crippen molar-refractivity contribution < 1.29 is 4.39 Å².